The molecule has 0 aromatic rings. The topological polar surface area (TPSA) is 55.6 Å². The molecule has 33 heavy (non-hydrogen) atoms. The van der Waals surface area contributed by atoms with Crippen LogP contribution < -0.4 is 5.73 Å². The maximum absolute atomic E-state index is 12.2. The molecule has 5 fully saturated rings. The predicted octanol–water partition coefficient (Wildman–Crippen LogP) is 5.11. The molecule has 4 heteroatoms. The van der Waals surface area contributed by atoms with Crippen molar-refractivity contribution in [2.75, 3.05) is 19.6 Å². The van der Waals surface area contributed by atoms with Crippen LogP contribution in [0.5, 0.6) is 0 Å². The second-order valence-electron chi connectivity index (χ2n) is 13.1. The van der Waals surface area contributed by atoms with Gasteiger partial charge in [0.15, 0.2) is 0 Å². The minimum absolute atomic E-state index is 0.0296. The summed E-state index contributed by atoms with van der Waals surface area (Å²) in [7, 11) is 0. The number of nitrogens with zero attached hydrogens (tertiary/aromatic N) is 1. The quantitative estimate of drug-likeness (QED) is 0.590. The lowest BCUT2D eigenvalue weighted by Gasteiger charge is -2.52. The Morgan fingerprint density at radius 1 is 1.15 bits per heavy atom. The average Bonchev–Trinajstić information content (AvgIpc) is 3.26. The van der Waals surface area contributed by atoms with Crippen LogP contribution in [0.15, 0.2) is 11.1 Å². The van der Waals surface area contributed by atoms with E-state index in [-0.39, 0.29) is 5.60 Å². The second kappa shape index (κ2) is 8.17. The highest BCUT2D eigenvalue weighted by molar-refractivity contribution is 5.79. The lowest BCUT2D eigenvalue weighted by atomic mass is 9.52. The fraction of sp³-hybridized carbons (Fsp3) is 0.897. The van der Waals surface area contributed by atoms with E-state index in [0.717, 1.165) is 56.5 Å². The monoisotopic (exact) mass is 454 g/mol. The maximum atomic E-state index is 12.2. The van der Waals surface area contributed by atoms with Gasteiger partial charge in [-0.2, -0.15) is 0 Å². The van der Waals surface area contributed by atoms with Gasteiger partial charge in [-0.25, -0.2) is 0 Å². The molecular weight excluding hydrogens is 408 g/mol. The van der Waals surface area contributed by atoms with Crippen LogP contribution in [0.1, 0.15) is 91.4 Å². The molecule has 0 bridgehead atoms. The van der Waals surface area contributed by atoms with Crippen molar-refractivity contribution >= 4 is 5.78 Å². The molecule has 0 amide bonds. The molecule has 3 saturated carbocycles. The third kappa shape index (κ3) is 3.37. The molecule has 1 spiro atoms. The van der Waals surface area contributed by atoms with Crippen LogP contribution in [0.3, 0.4) is 0 Å². The summed E-state index contributed by atoms with van der Waals surface area (Å²) in [6, 6.07) is 0.555. The van der Waals surface area contributed by atoms with Gasteiger partial charge in [-0.1, -0.05) is 25.0 Å². The number of carbonyl (C=O) groups is 1. The Balaban J connectivity index is 1.27. The van der Waals surface area contributed by atoms with Crippen molar-refractivity contribution in [1.29, 1.82) is 0 Å². The van der Waals surface area contributed by atoms with Gasteiger partial charge < -0.3 is 10.5 Å². The predicted molar refractivity (Wildman–Crippen MR) is 132 cm³/mol. The molecule has 0 aromatic carbocycles. The minimum atomic E-state index is 0.0296. The number of carbonyl (C=O) groups excluding carboxylic acids is 1. The van der Waals surface area contributed by atoms with E-state index in [2.05, 4.69) is 25.7 Å². The fourth-order valence-corrected chi connectivity index (χ4v) is 10.1. The summed E-state index contributed by atoms with van der Waals surface area (Å²) < 4.78 is 7.10. The molecule has 0 radical (unpaired) electrons. The number of ketones is 1. The summed E-state index contributed by atoms with van der Waals surface area (Å²) >= 11 is 0. The number of hydrogen-bond acceptors (Lipinski definition) is 4. The Hall–Kier alpha value is -0.710. The molecular formula is C29H46N2O2. The molecule has 9 atom stereocenters. The van der Waals surface area contributed by atoms with Gasteiger partial charge in [0, 0.05) is 37.9 Å². The summed E-state index contributed by atoms with van der Waals surface area (Å²) in [6.07, 6.45) is 13.3. The molecule has 2 aliphatic heterocycles. The van der Waals surface area contributed by atoms with Crippen molar-refractivity contribution < 1.29 is 9.53 Å². The van der Waals surface area contributed by atoms with E-state index in [0.29, 0.717) is 35.2 Å². The van der Waals surface area contributed by atoms with Gasteiger partial charge in [-0.05, 0) is 100 Å². The Kier molecular flexibility index (Phi) is 5.63. The number of hydrogen-bond donors (Lipinski definition) is 1. The Bertz CT molecular complexity index is 835. The third-order valence-corrected chi connectivity index (χ3v) is 11.8. The molecule has 2 N–H and O–H groups in total. The largest absolute Gasteiger partial charge is 0.369 e. The number of Topliss-reactive ketones (excluding diaryl/α,β-unsaturated/α-hetero) is 1. The van der Waals surface area contributed by atoms with Gasteiger partial charge in [-0.15, -0.1) is 0 Å². The van der Waals surface area contributed by atoms with Crippen molar-refractivity contribution in [3.63, 3.8) is 0 Å². The van der Waals surface area contributed by atoms with E-state index in [9.17, 15) is 4.79 Å². The van der Waals surface area contributed by atoms with Crippen LogP contribution in [-0.2, 0) is 9.53 Å². The van der Waals surface area contributed by atoms with E-state index in [1.165, 1.54) is 51.5 Å². The Morgan fingerprint density at radius 3 is 2.82 bits per heavy atom. The van der Waals surface area contributed by atoms with Gasteiger partial charge in [0.05, 0.1) is 11.7 Å². The smallest absolute Gasteiger partial charge is 0.133 e. The SMILES string of the molecule is CC1=C2C[C@H]3[C@@H](CC[C@@H]4CC(=O)CC[C@@]43C)[C@@H]2CC[C@@]2(C1)O[C@@H]1CCCN(CCN)[C@H]1[C@H]2C. The zero-order valence-electron chi connectivity index (χ0n) is 21.3. The van der Waals surface area contributed by atoms with Gasteiger partial charge in [0.25, 0.3) is 0 Å². The molecule has 2 saturated heterocycles. The summed E-state index contributed by atoms with van der Waals surface area (Å²) in [5.41, 5.74) is 9.88. The van der Waals surface area contributed by atoms with Crippen LogP contribution in [-0.4, -0.2) is 48.1 Å². The highest BCUT2D eigenvalue weighted by Crippen LogP contribution is 2.65. The summed E-state index contributed by atoms with van der Waals surface area (Å²) in [5, 5.41) is 0. The second-order valence-corrected chi connectivity index (χ2v) is 13.1. The molecule has 0 unspecified atom stereocenters. The first-order chi connectivity index (χ1) is 15.9. The molecule has 184 valence electrons. The van der Waals surface area contributed by atoms with E-state index in [1.807, 2.05) is 5.57 Å². The van der Waals surface area contributed by atoms with E-state index in [1.54, 1.807) is 5.57 Å². The summed E-state index contributed by atoms with van der Waals surface area (Å²) in [5.74, 6) is 4.16. The maximum Gasteiger partial charge on any atom is 0.133 e. The van der Waals surface area contributed by atoms with Crippen LogP contribution in [0.4, 0.5) is 0 Å². The van der Waals surface area contributed by atoms with E-state index in [4.69, 9.17) is 10.5 Å². The lowest BCUT2D eigenvalue weighted by Crippen LogP contribution is -2.51. The molecule has 4 aliphatic carbocycles. The minimum Gasteiger partial charge on any atom is -0.369 e. The van der Waals surface area contributed by atoms with Crippen LogP contribution in [0, 0.1) is 35.0 Å². The van der Waals surface area contributed by atoms with E-state index < -0.39 is 0 Å². The average molecular weight is 455 g/mol. The molecule has 6 aliphatic rings. The van der Waals surface area contributed by atoms with Gasteiger partial charge >= 0.3 is 0 Å². The number of nitrogens with two attached hydrogens (primary N) is 1. The molecule has 6 rings (SSSR count). The number of likely N-dealkylation sites (tertiary alicyclic amines) is 1. The fourth-order valence-electron chi connectivity index (χ4n) is 10.1. The van der Waals surface area contributed by atoms with Crippen molar-refractivity contribution in [2.24, 2.45) is 40.7 Å². The van der Waals surface area contributed by atoms with Crippen molar-refractivity contribution in [3.8, 4) is 0 Å². The number of piperidine rings is 1. The zero-order chi connectivity index (χ0) is 23.0. The summed E-state index contributed by atoms with van der Waals surface area (Å²) in [6.45, 7) is 10.5. The molecule has 4 nitrogen and oxygen atoms in total. The third-order valence-electron chi connectivity index (χ3n) is 11.8. The summed E-state index contributed by atoms with van der Waals surface area (Å²) in [4.78, 5) is 14.9. The highest BCUT2D eigenvalue weighted by Gasteiger charge is 2.59. The van der Waals surface area contributed by atoms with E-state index >= 15 is 0 Å². The van der Waals surface area contributed by atoms with Crippen molar-refractivity contribution in [3.05, 3.63) is 11.1 Å². The van der Waals surface area contributed by atoms with Gasteiger partial charge in [0.1, 0.15) is 5.78 Å². The Morgan fingerprint density at radius 2 is 2.00 bits per heavy atom. The number of rotatable bonds is 2. The van der Waals surface area contributed by atoms with Crippen LogP contribution >= 0.6 is 0 Å². The molecule has 0 aromatic heterocycles. The number of fused-ring (bicyclic) bond motifs is 6. The lowest BCUT2D eigenvalue weighted by molar-refractivity contribution is -0.129. The number of allylic oxidation sites excluding steroid dienone is 1. The van der Waals surface area contributed by atoms with Crippen LogP contribution in [0.2, 0.25) is 0 Å². The van der Waals surface area contributed by atoms with Crippen molar-refractivity contribution in [2.45, 2.75) is 109 Å². The van der Waals surface area contributed by atoms with Gasteiger partial charge in [-0.3, -0.25) is 9.69 Å². The van der Waals surface area contributed by atoms with Gasteiger partial charge in [0.2, 0.25) is 0 Å². The zero-order valence-corrected chi connectivity index (χ0v) is 21.3. The standard InChI is InChI=1S/C29H46N2O2/c1-18-17-29(19(2)27-26(33-29)5-4-13-31(27)14-12-30)11-9-22-23-7-6-20-15-21(32)8-10-28(20,3)25(23)16-24(18)22/h19-20,22-23,25-27H,4-17,30H2,1-3H3/t19-,20-,22+,23+,25+,26-,27+,28+,29+/m1/s1. The highest BCUT2D eigenvalue weighted by atomic mass is 16.5. The first-order valence-corrected chi connectivity index (χ1v) is 14.2. The Labute approximate surface area is 201 Å². The van der Waals surface area contributed by atoms with Crippen LogP contribution in [0.25, 0.3) is 0 Å². The number of ether oxygens (including phenoxy) is 1. The van der Waals surface area contributed by atoms with Crippen molar-refractivity contribution in [1.82, 2.24) is 4.90 Å². The normalized spacial score (nSPS) is 50.1. The first-order valence-electron chi connectivity index (χ1n) is 14.2. The first kappa shape index (κ1) is 22.7. The molecule has 2 heterocycles.